The average molecular weight is 316 g/mol. The molecule has 0 spiro atoms. The molecule has 21 heavy (non-hydrogen) atoms. The molecule has 0 bridgehead atoms. The van der Waals surface area contributed by atoms with E-state index < -0.39 is 33.6 Å². The smallest absolute Gasteiger partial charge is 0.319 e. The summed E-state index contributed by atoms with van der Waals surface area (Å²) >= 11 is 5.61. The molecule has 0 aromatic carbocycles. The number of halogens is 1. The van der Waals surface area contributed by atoms with Gasteiger partial charge in [-0.15, -0.1) is 0 Å². The third kappa shape index (κ3) is 4.12. The normalized spacial score (nSPS) is 12.0. The molecule has 1 atom stereocenters. The molecule has 0 aliphatic heterocycles. The van der Waals surface area contributed by atoms with Gasteiger partial charge in [0.2, 0.25) is 5.15 Å². The quantitative estimate of drug-likeness (QED) is 0.468. The van der Waals surface area contributed by atoms with Gasteiger partial charge in [-0.2, -0.15) is 0 Å². The van der Waals surface area contributed by atoms with E-state index in [-0.39, 0.29) is 18.0 Å². The number of hydrogen-bond donors (Lipinski definition) is 2. The second-order valence-corrected chi connectivity index (χ2v) is 5.01. The number of nitro groups is 1. The van der Waals surface area contributed by atoms with Gasteiger partial charge in [0, 0.05) is 12.7 Å². The molecule has 0 saturated heterocycles. The maximum Gasteiger partial charge on any atom is 0.319 e. The fourth-order valence-electron chi connectivity index (χ4n) is 1.69. The molecule has 1 aromatic heterocycles. The molecular formula is C12H14ClN3O5. The summed E-state index contributed by atoms with van der Waals surface area (Å²) < 4.78 is 0. The Morgan fingerprint density at radius 2 is 2.14 bits per heavy atom. The lowest BCUT2D eigenvalue weighted by molar-refractivity contribution is -0.385. The van der Waals surface area contributed by atoms with E-state index in [1.54, 1.807) is 13.8 Å². The van der Waals surface area contributed by atoms with Crippen molar-refractivity contribution in [2.45, 2.75) is 13.8 Å². The van der Waals surface area contributed by atoms with E-state index in [0.717, 1.165) is 6.07 Å². The van der Waals surface area contributed by atoms with Gasteiger partial charge in [-0.05, 0) is 12.0 Å². The van der Waals surface area contributed by atoms with Crippen molar-refractivity contribution in [3.05, 3.63) is 33.1 Å². The van der Waals surface area contributed by atoms with Gasteiger partial charge in [0.15, 0.2) is 0 Å². The zero-order chi connectivity index (χ0) is 16.2. The number of aliphatic carboxylic acids is 1. The molecule has 0 fully saturated rings. The number of hydrogen-bond acceptors (Lipinski definition) is 5. The fraction of sp³-hybridized carbons (Fsp3) is 0.417. The number of nitrogens with zero attached hydrogens (tertiary/aromatic N) is 2. The Kier molecular flexibility index (Phi) is 5.60. The summed E-state index contributed by atoms with van der Waals surface area (Å²) in [5.74, 6) is -2.80. The molecule has 1 amide bonds. The fourth-order valence-corrected chi connectivity index (χ4v) is 1.92. The van der Waals surface area contributed by atoms with Gasteiger partial charge in [-0.25, -0.2) is 4.98 Å². The van der Waals surface area contributed by atoms with Crippen LogP contribution in [-0.4, -0.2) is 33.4 Å². The highest BCUT2D eigenvalue weighted by atomic mass is 35.5. The van der Waals surface area contributed by atoms with Gasteiger partial charge in [-0.3, -0.25) is 19.7 Å². The molecule has 0 radical (unpaired) electrons. The summed E-state index contributed by atoms with van der Waals surface area (Å²) in [6, 6.07) is 1.16. The van der Waals surface area contributed by atoms with Crippen molar-refractivity contribution in [2.24, 2.45) is 11.8 Å². The number of amides is 1. The molecule has 0 aliphatic carbocycles. The lowest BCUT2D eigenvalue weighted by Gasteiger charge is -2.16. The topological polar surface area (TPSA) is 122 Å². The van der Waals surface area contributed by atoms with Gasteiger partial charge in [0.05, 0.1) is 10.8 Å². The Bertz CT molecular complexity index is 576. The summed E-state index contributed by atoms with van der Waals surface area (Å²) in [6.45, 7) is 3.27. The van der Waals surface area contributed by atoms with Gasteiger partial charge >= 0.3 is 11.7 Å². The summed E-state index contributed by atoms with van der Waals surface area (Å²) in [6.07, 6.45) is 1.17. The molecule has 1 heterocycles. The Morgan fingerprint density at radius 3 is 2.62 bits per heavy atom. The highest BCUT2D eigenvalue weighted by Gasteiger charge is 2.27. The number of rotatable bonds is 6. The van der Waals surface area contributed by atoms with Crippen LogP contribution >= 0.6 is 11.6 Å². The van der Waals surface area contributed by atoms with Crippen molar-refractivity contribution in [1.29, 1.82) is 0 Å². The van der Waals surface area contributed by atoms with Crippen molar-refractivity contribution in [2.75, 3.05) is 6.54 Å². The van der Waals surface area contributed by atoms with E-state index in [1.165, 1.54) is 6.20 Å². The largest absolute Gasteiger partial charge is 0.481 e. The SMILES string of the molecule is CC(C)C(CNC(=O)c1ccnc(Cl)c1[N+](=O)[O-])C(=O)O. The number of nitrogens with one attached hydrogen (secondary N) is 1. The molecule has 1 aromatic rings. The van der Waals surface area contributed by atoms with E-state index in [1.807, 2.05) is 0 Å². The van der Waals surface area contributed by atoms with Gasteiger partial charge < -0.3 is 10.4 Å². The molecule has 8 nitrogen and oxygen atoms in total. The van der Waals surface area contributed by atoms with Crippen LogP contribution in [0.5, 0.6) is 0 Å². The molecular weight excluding hydrogens is 302 g/mol. The maximum atomic E-state index is 12.0. The number of carboxylic acids is 1. The Balaban J connectivity index is 2.93. The first-order chi connectivity index (χ1) is 9.75. The first-order valence-electron chi connectivity index (χ1n) is 6.05. The number of pyridine rings is 1. The number of carbonyl (C=O) groups excluding carboxylic acids is 1. The van der Waals surface area contributed by atoms with E-state index in [9.17, 15) is 19.7 Å². The van der Waals surface area contributed by atoms with Crippen LogP contribution in [0.25, 0.3) is 0 Å². The van der Waals surface area contributed by atoms with E-state index in [2.05, 4.69) is 10.3 Å². The second kappa shape index (κ2) is 6.98. The standard InChI is InChI=1S/C12H14ClN3O5/c1-6(2)8(12(18)19)5-15-11(17)7-3-4-14-10(13)9(7)16(20)21/h3-4,6,8H,5H2,1-2H3,(H,15,17)(H,18,19). The van der Waals surface area contributed by atoms with Gasteiger partial charge in [0.25, 0.3) is 5.91 Å². The van der Waals surface area contributed by atoms with Crippen LogP contribution in [0.3, 0.4) is 0 Å². The molecule has 1 unspecified atom stereocenters. The predicted octanol–water partition coefficient (Wildman–Crippen LogP) is 1.73. The average Bonchev–Trinajstić information content (AvgIpc) is 2.36. The third-order valence-electron chi connectivity index (χ3n) is 2.91. The zero-order valence-corrected chi connectivity index (χ0v) is 12.1. The molecule has 1 rings (SSSR count). The van der Waals surface area contributed by atoms with Crippen LogP contribution < -0.4 is 5.32 Å². The van der Waals surface area contributed by atoms with Crippen molar-refractivity contribution in [3.8, 4) is 0 Å². The highest BCUT2D eigenvalue weighted by Crippen LogP contribution is 2.25. The molecule has 0 saturated carbocycles. The number of carbonyl (C=O) groups is 2. The van der Waals surface area contributed by atoms with Crippen LogP contribution in [0.2, 0.25) is 5.15 Å². The number of aromatic nitrogens is 1. The molecule has 2 N–H and O–H groups in total. The summed E-state index contributed by atoms with van der Waals surface area (Å²) in [5, 5.41) is 21.9. The number of carboxylic acid groups (broad SMARTS) is 1. The Labute approximate surface area is 125 Å². The minimum atomic E-state index is -1.05. The summed E-state index contributed by atoms with van der Waals surface area (Å²) in [5.41, 5.74) is -0.860. The lowest BCUT2D eigenvalue weighted by atomic mass is 9.96. The molecule has 0 aliphatic rings. The van der Waals surface area contributed by atoms with E-state index in [4.69, 9.17) is 16.7 Å². The minimum Gasteiger partial charge on any atom is -0.481 e. The first kappa shape index (κ1) is 16.8. The van der Waals surface area contributed by atoms with Crippen molar-refractivity contribution in [3.63, 3.8) is 0 Å². The summed E-state index contributed by atoms with van der Waals surface area (Å²) in [4.78, 5) is 36.7. The second-order valence-electron chi connectivity index (χ2n) is 4.65. The van der Waals surface area contributed by atoms with Crippen LogP contribution in [0, 0.1) is 22.0 Å². The van der Waals surface area contributed by atoms with Crippen LogP contribution in [-0.2, 0) is 4.79 Å². The monoisotopic (exact) mass is 315 g/mol. The van der Waals surface area contributed by atoms with E-state index >= 15 is 0 Å². The first-order valence-corrected chi connectivity index (χ1v) is 6.43. The van der Waals surface area contributed by atoms with E-state index in [0.29, 0.717) is 0 Å². The van der Waals surface area contributed by atoms with Crippen molar-refractivity contribution < 1.29 is 19.6 Å². The van der Waals surface area contributed by atoms with Gasteiger partial charge in [0.1, 0.15) is 5.56 Å². The highest BCUT2D eigenvalue weighted by molar-refractivity contribution is 6.32. The maximum absolute atomic E-state index is 12.0. The summed E-state index contributed by atoms with van der Waals surface area (Å²) in [7, 11) is 0. The Morgan fingerprint density at radius 1 is 1.52 bits per heavy atom. The van der Waals surface area contributed by atoms with Crippen molar-refractivity contribution in [1.82, 2.24) is 10.3 Å². The van der Waals surface area contributed by atoms with Crippen molar-refractivity contribution >= 4 is 29.2 Å². The van der Waals surface area contributed by atoms with Crippen LogP contribution in [0.15, 0.2) is 12.3 Å². The predicted molar refractivity (Wildman–Crippen MR) is 74.2 cm³/mol. The molecule has 114 valence electrons. The minimum absolute atomic E-state index is 0.136. The molecule has 9 heteroatoms. The van der Waals surface area contributed by atoms with Gasteiger partial charge in [-0.1, -0.05) is 25.4 Å². The van der Waals surface area contributed by atoms with Crippen LogP contribution in [0.1, 0.15) is 24.2 Å². The Hall–Kier alpha value is -2.22. The van der Waals surface area contributed by atoms with Crippen LogP contribution in [0.4, 0.5) is 5.69 Å². The zero-order valence-electron chi connectivity index (χ0n) is 11.4. The third-order valence-corrected chi connectivity index (χ3v) is 3.19. The lowest BCUT2D eigenvalue weighted by Crippen LogP contribution is -2.35.